The number of nitrogens with zero attached hydrogens (tertiary/aromatic N) is 4. The fourth-order valence-electron chi connectivity index (χ4n) is 12.6. The van der Waals surface area contributed by atoms with Crippen LogP contribution in [0.4, 0.5) is 0 Å². The second-order valence-corrected chi connectivity index (χ2v) is 20.1. The number of hydrogen-bond donors (Lipinski definition) is 0. The number of benzene rings is 7. The molecular formula is C56H42N4O2S. The van der Waals surface area contributed by atoms with Crippen LogP contribution in [0.5, 0.6) is 0 Å². The summed E-state index contributed by atoms with van der Waals surface area (Å²) in [5.74, 6) is 4.14. The van der Waals surface area contributed by atoms with Crippen LogP contribution in [0.2, 0.25) is 0 Å². The summed E-state index contributed by atoms with van der Waals surface area (Å²) in [6.07, 6.45) is 7.87. The van der Waals surface area contributed by atoms with Crippen molar-refractivity contribution in [3.05, 3.63) is 181 Å². The monoisotopic (exact) mass is 834 g/mol. The van der Waals surface area contributed by atoms with Crippen molar-refractivity contribution >= 4 is 31.5 Å². The van der Waals surface area contributed by atoms with Crippen LogP contribution in [0.15, 0.2) is 180 Å². The summed E-state index contributed by atoms with van der Waals surface area (Å²) in [5, 5.41) is 3.18. The van der Waals surface area contributed by atoms with Crippen molar-refractivity contribution < 1.29 is 8.42 Å². The molecule has 1 spiro atoms. The molecule has 1 aliphatic heterocycles. The molecule has 0 amide bonds. The number of hydrogen-bond acceptors (Lipinski definition) is 6. The van der Waals surface area contributed by atoms with Gasteiger partial charge in [-0.25, -0.2) is 23.4 Å². The van der Waals surface area contributed by atoms with E-state index in [0.717, 1.165) is 83.6 Å². The van der Waals surface area contributed by atoms with Crippen molar-refractivity contribution in [2.75, 3.05) is 0 Å². The Labute approximate surface area is 366 Å². The lowest BCUT2D eigenvalue weighted by Crippen LogP contribution is -2.57. The highest BCUT2D eigenvalue weighted by Gasteiger charge is 2.62. The average molecular weight is 835 g/mol. The zero-order chi connectivity index (χ0) is 41.9. The van der Waals surface area contributed by atoms with Crippen LogP contribution in [0.25, 0.3) is 78.1 Å². The van der Waals surface area contributed by atoms with Crippen molar-refractivity contribution in [1.29, 1.82) is 0 Å². The van der Waals surface area contributed by atoms with Gasteiger partial charge in [-0.3, -0.25) is 4.98 Å². The quantitative estimate of drug-likeness (QED) is 0.172. The van der Waals surface area contributed by atoms with E-state index in [0.29, 0.717) is 39.1 Å². The molecule has 0 saturated heterocycles. The minimum atomic E-state index is -3.70. The molecule has 0 radical (unpaired) electrons. The molecule has 63 heavy (non-hydrogen) atoms. The minimum Gasteiger partial charge on any atom is -0.256 e. The van der Waals surface area contributed by atoms with Gasteiger partial charge in [-0.15, -0.1) is 0 Å². The van der Waals surface area contributed by atoms with Gasteiger partial charge in [-0.1, -0.05) is 133 Å². The molecular weight excluding hydrogens is 793 g/mol. The first kappa shape index (κ1) is 36.8. The van der Waals surface area contributed by atoms with E-state index in [-0.39, 0.29) is 5.41 Å². The maximum absolute atomic E-state index is 14.5. The van der Waals surface area contributed by atoms with Crippen molar-refractivity contribution in [1.82, 2.24) is 19.9 Å². The molecule has 2 aromatic heterocycles. The van der Waals surface area contributed by atoms with E-state index in [1.165, 1.54) is 32.1 Å². The van der Waals surface area contributed by atoms with Gasteiger partial charge in [-0.05, 0) is 125 Å². The maximum Gasteiger partial charge on any atom is 0.207 e. The summed E-state index contributed by atoms with van der Waals surface area (Å²) >= 11 is 0. The Balaban J connectivity index is 0.953. The fraction of sp³-hybridized carbons (Fsp3) is 0.179. The van der Waals surface area contributed by atoms with Crippen molar-refractivity contribution in [3.63, 3.8) is 0 Å². The predicted molar refractivity (Wildman–Crippen MR) is 250 cm³/mol. The lowest BCUT2D eigenvalue weighted by atomic mass is 9.42. The number of fused-ring (bicyclic) bond motifs is 4. The highest BCUT2D eigenvalue weighted by Crippen LogP contribution is 2.68. The topological polar surface area (TPSA) is 85.7 Å². The highest BCUT2D eigenvalue weighted by atomic mass is 32.2. The molecule has 9 aromatic rings. The molecule has 3 heterocycles. The highest BCUT2D eigenvalue weighted by molar-refractivity contribution is 7.91. The van der Waals surface area contributed by atoms with E-state index < -0.39 is 9.84 Å². The fourth-order valence-corrected chi connectivity index (χ4v) is 14.4. The summed E-state index contributed by atoms with van der Waals surface area (Å²) < 4.78 is 29.1. The predicted octanol–water partition coefficient (Wildman–Crippen LogP) is 12.8. The summed E-state index contributed by atoms with van der Waals surface area (Å²) in [6, 6.07) is 55.7. The Kier molecular flexibility index (Phi) is 8.08. The van der Waals surface area contributed by atoms with Crippen molar-refractivity contribution in [2.45, 2.75) is 47.3 Å². The number of sulfone groups is 1. The SMILES string of the molecule is O=S1(=O)c2ccccc2C2(c3cc(-c4ccc(-c5nc(-c6ccccc6)nc(-c6ccc(-c7cccc8cccnc78)cc6)n5)c5ccccc45)ccc31)C1CC3CC(C1)CC2C3. The smallest absolute Gasteiger partial charge is 0.207 e. The number of rotatable bonds is 5. The lowest BCUT2D eigenvalue weighted by Gasteiger charge is -2.63. The third-order valence-electron chi connectivity index (χ3n) is 15.0. The van der Waals surface area contributed by atoms with E-state index in [4.69, 9.17) is 19.9 Å². The Morgan fingerprint density at radius 1 is 0.444 bits per heavy atom. The van der Waals surface area contributed by atoms with Gasteiger partial charge in [0.15, 0.2) is 17.5 Å². The van der Waals surface area contributed by atoms with E-state index in [1.54, 1.807) is 0 Å². The van der Waals surface area contributed by atoms with Gasteiger partial charge in [0.05, 0.1) is 15.3 Å². The van der Waals surface area contributed by atoms with E-state index >= 15 is 0 Å². The molecule has 6 nitrogen and oxygen atoms in total. The lowest BCUT2D eigenvalue weighted by molar-refractivity contribution is -0.0446. The molecule has 7 heteroatoms. The van der Waals surface area contributed by atoms with E-state index in [2.05, 4.69) is 103 Å². The molecule has 304 valence electrons. The minimum absolute atomic E-state index is 0.310. The summed E-state index contributed by atoms with van der Waals surface area (Å²) in [6.45, 7) is 0. The number of para-hydroxylation sites is 1. The summed E-state index contributed by atoms with van der Waals surface area (Å²) in [7, 11) is -3.70. The van der Waals surface area contributed by atoms with Gasteiger partial charge in [0.2, 0.25) is 9.84 Å². The number of pyridine rings is 1. The molecule has 4 fully saturated rings. The van der Waals surface area contributed by atoms with Gasteiger partial charge >= 0.3 is 0 Å². The van der Waals surface area contributed by atoms with E-state index in [1.807, 2.05) is 66.9 Å². The van der Waals surface area contributed by atoms with Gasteiger partial charge in [-0.2, -0.15) is 0 Å². The van der Waals surface area contributed by atoms with Crippen LogP contribution in [-0.4, -0.2) is 28.4 Å². The first-order valence-corrected chi connectivity index (χ1v) is 23.7. The zero-order valence-corrected chi connectivity index (χ0v) is 35.3. The van der Waals surface area contributed by atoms with Gasteiger partial charge in [0.25, 0.3) is 0 Å². The first-order valence-electron chi connectivity index (χ1n) is 22.2. The Morgan fingerprint density at radius 2 is 1.03 bits per heavy atom. The van der Waals surface area contributed by atoms with Crippen LogP contribution < -0.4 is 0 Å². The molecule has 14 rings (SSSR count). The largest absolute Gasteiger partial charge is 0.256 e. The molecule has 7 aromatic carbocycles. The maximum atomic E-state index is 14.5. The standard InChI is InChI=1S/C56H42N4O2S/c61-63(62)50-18-7-6-17-48(50)56(41-29-34-28-35(31-41)32-42(56)30-34)49-33-40(23-26-51(49)63)43-24-25-47(46-15-5-4-14-45(43)46)55-59-53(38-10-2-1-3-11-38)58-54(60-55)39-21-19-36(20-22-39)44-16-8-12-37-13-9-27-57-52(37)44/h1-27,33-35,41-42H,28-32H2. The van der Waals surface area contributed by atoms with Crippen LogP contribution in [-0.2, 0) is 15.3 Å². The average Bonchev–Trinajstić information content (AvgIpc) is 3.33. The van der Waals surface area contributed by atoms with E-state index in [9.17, 15) is 8.42 Å². The van der Waals surface area contributed by atoms with Crippen LogP contribution in [0.1, 0.15) is 43.2 Å². The third-order valence-corrected chi connectivity index (χ3v) is 16.9. The first-order chi connectivity index (χ1) is 30.9. The van der Waals surface area contributed by atoms with Crippen molar-refractivity contribution in [3.8, 4) is 56.4 Å². The number of aromatic nitrogens is 4. The zero-order valence-electron chi connectivity index (χ0n) is 34.5. The normalized spacial score (nSPS) is 22.6. The molecule has 0 N–H and O–H groups in total. The van der Waals surface area contributed by atoms with Gasteiger partial charge in [0, 0.05) is 39.3 Å². The van der Waals surface area contributed by atoms with Crippen LogP contribution in [0, 0.1) is 23.7 Å². The Morgan fingerprint density at radius 3 is 1.79 bits per heavy atom. The Bertz CT molecular complexity index is 3410. The van der Waals surface area contributed by atoms with Crippen LogP contribution in [0.3, 0.4) is 0 Å². The summed E-state index contributed by atoms with van der Waals surface area (Å²) in [5.41, 5.74) is 9.63. The van der Waals surface area contributed by atoms with Gasteiger partial charge < -0.3 is 0 Å². The Hall–Kier alpha value is -6.83. The second-order valence-electron chi connectivity index (χ2n) is 18.2. The van der Waals surface area contributed by atoms with Gasteiger partial charge in [0.1, 0.15) is 0 Å². The summed E-state index contributed by atoms with van der Waals surface area (Å²) in [4.78, 5) is 21.1. The second kappa shape index (κ2) is 13.8. The molecule has 4 bridgehead atoms. The molecule has 4 saturated carbocycles. The molecule has 5 aliphatic rings. The molecule has 0 unspecified atom stereocenters. The molecule has 0 atom stereocenters. The molecule has 4 aliphatic carbocycles. The third kappa shape index (κ3) is 5.51. The van der Waals surface area contributed by atoms with Crippen molar-refractivity contribution in [2.24, 2.45) is 23.7 Å². The van der Waals surface area contributed by atoms with Crippen LogP contribution >= 0.6 is 0 Å².